The number of likely N-dealkylation sites (tertiary alicyclic amines) is 1. The molecular formula is C14H20N6O3. The van der Waals surface area contributed by atoms with E-state index in [1.54, 1.807) is 15.8 Å². The molecule has 0 saturated carbocycles. The number of amides is 1. The summed E-state index contributed by atoms with van der Waals surface area (Å²) in [4.78, 5) is 16.5. The molecule has 0 radical (unpaired) electrons. The van der Waals surface area contributed by atoms with E-state index >= 15 is 0 Å². The largest absolute Gasteiger partial charge is 0.476 e. The highest BCUT2D eigenvalue weighted by atomic mass is 16.5. The quantitative estimate of drug-likeness (QED) is 0.782. The van der Waals surface area contributed by atoms with Crippen LogP contribution in [0.15, 0.2) is 23.0 Å². The number of nitrogens with zero attached hydrogens (tertiary/aromatic N) is 6. The van der Waals surface area contributed by atoms with Gasteiger partial charge in [0.05, 0.1) is 31.0 Å². The molecule has 9 heteroatoms. The van der Waals surface area contributed by atoms with Gasteiger partial charge in [-0.1, -0.05) is 5.21 Å². The van der Waals surface area contributed by atoms with Crippen molar-refractivity contribution in [1.82, 2.24) is 30.0 Å². The second-order valence-corrected chi connectivity index (χ2v) is 5.65. The number of hydrogen-bond acceptors (Lipinski definition) is 7. The first kappa shape index (κ1) is 15.5. The molecule has 0 spiro atoms. The predicted octanol–water partition coefficient (Wildman–Crippen LogP) is 0.292. The van der Waals surface area contributed by atoms with Crippen LogP contribution in [0.2, 0.25) is 0 Å². The van der Waals surface area contributed by atoms with Gasteiger partial charge >= 0.3 is 0 Å². The average Bonchev–Trinajstić information content (AvgIpc) is 3.26. The van der Waals surface area contributed by atoms with Crippen molar-refractivity contribution < 1.29 is 14.1 Å². The molecule has 0 aromatic carbocycles. The first-order valence-corrected chi connectivity index (χ1v) is 7.51. The van der Waals surface area contributed by atoms with E-state index in [1.165, 1.54) is 6.07 Å². The van der Waals surface area contributed by atoms with E-state index in [4.69, 9.17) is 9.26 Å². The van der Waals surface area contributed by atoms with Gasteiger partial charge in [0.25, 0.3) is 11.8 Å². The molecule has 23 heavy (non-hydrogen) atoms. The molecule has 2 aromatic heterocycles. The number of carbonyl (C=O) groups is 1. The molecule has 2 aromatic rings. The third-order valence-corrected chi connectivity index (χ3v) is 3.98. The van der Waals surface area contributed by atoms with Crippen molar-refractivity contribution in [2.75, 3.05) is 33.8 Å². The predicted molar refractivity (Wildman–Crippen MR) is 80.1 cm³/mol. The number of ether oxygens (including phenoxy) is 1. The summed E-state index contributed by atoms with van der Waals surface area (Å²) in [6.45, 7) is 3.44. The van der Waals surface area contributed by atoms with Crippen LogP contribution in [0, 0.1) is 0 Å². The highest BCUT2D eigenvalue weighted by Crippen LogP contribution is 2.26. The minimum Gasteiger partial charge on any atom is -0.476 e. The van der Waals surface area contributed by atoms with Crippen molar-refractivity contribution in [2.45, 2.75) is 19.0 Å². The summed E-state index contributed by atoms with van der Waals surface area (Å²) in [6, 6.07) is 1.72. The Morgan fingerprint density at radius 3 is 2.96 bits per heavy atom. The lowest BCUT2D eigenvalue weighted by Crippen LogP contribution is -2.37. The van der Waals surface area contributed by atoms with E-state index in [-0.39, 0.29) is 23.8 Å². The molecule has 9 nitrogen and oxygen atoms in total. The third-order valence-electron chi connectivity index (χ3n) is 3.98. The zero-order chi connectivity index (χ0) is 16.4. The van der Waals surface area contributed by atoms with Crippen LogP contribution >= 0.6 is 0 Å². The summed E-state index contributed by atoms with van der Waals surface area (Å²) >= 11 is 0. The molecule has 2 atom stereocenters. The lowest BCUT2D eigenvalue weighted by Gasteiger charge is -2.24. The highest BCUT2D eigenvalue weighted by molar-refractivity contribution is 5.92. The first-order valence-electron chi connectivity index (χ1n) is 7.51. The zero-order valence-electron chi connectivity index (χ0n) is 13.4. The van der Waals surface area contributed by atoms with Gasteiger partial charge in [0.15, 0.2) is 0 Å². The topological polar surface area (TPSA) is 89.5 Å². The monoisotopic (exact) mass is 320 g/mol. The Kier molecular flexibility index (Phi) is 4.28. The number of likely N-dealkylation sites (N-methyl/N-ethyl adjacent to an activating group) is 1. The van der Waals surface area contributed by atoms with E-state index in [1.807, 2.05) is 27.2 Å². The summed E-state index contributed by atoms with van der Waals surface area (Å²) in [6.07, 6.45) is 3.46. The van der Waals surface area contributed by atoms with Gasteiger partial charge in [0.1, 0.15) is 0 Å². The minimum atomic E-state index is -0.196. The molecule has 0 unspecified atom stereocenters. The summed E-state index contributed by atoms with van der Waals surface area (Å²) in [7, 11) is 3.98. The van der Waals surface area contributed by atoms with Gasteiger partial charge in [0.2, 0.25) is 5.76 Å². The van der Waals surface area contributed by atoms with Gasteiger partial charge in [-0.2, -0.15) is 0 Å². The lowest BCUT2D eigenvalue weighted by atomic mass is 10.1. The Hall–Kier alpha value is -2.42. The van der Waals surface area contributed by atoms with Crippen molar-refractivity contribution >= 4 is 5.91 Å². The maximum atomic E-state index is 12.6. The smallest absolute Gasteiger partial charge is 0.292 e. The molecule has 1 saturated heterocycles. The standard InChI is InChI=1S/C14H20N6O3/c1-4-22-13-7-12(23-16-13)14(21)19-8-10(18(2)3)11(9-19)20-6-5-15-17-20/h5-7,10-11H,4,8-9H2,1-3H3/t10-,11+/m1/s1. The van der Waals surface area contributed by atoms with Gasteiger partial charge in [0, 0.05) is 19.3 Å². The minimum absolute atomic E-state index is 0.0470. The van der Waals surface area contributed by atoms with Crippen LogP contribution in [-0.2, 0) is 0 Å². The van der Waals surface area contributed by atoms with Gasteiger partial charge in [-0.05, 0) is 26.2 Å². The van der Waals surface area contributed by atoms with Crippen LogP contribution < -0.4 is 4.74 Å². The van der Waals surface area contributed by atoms with Gasteiger partial charge in [-0.3, -0.25) is 4.79 Å². The molecular weight excluding hydrogens is 300 g/mol. The van der Waals surface area contributed by atoms with Crippen LogP contribution in [-0.4, -0.2) is 75.7 Å². The molecule has 0 bridgehead atoms. The normalized spacial score (nSPS) is 21.1. The Morgan fingerprint density at radius 2 is 2.30 bits per heavy atom. The molecule has 1 fully saturated rings. The van der Waals surface area contributed by atoms with Crippen LogP contribution in [0.5, 0.6) is 5.88 Å². The van der Waals surface area contributed by atoms with E-state index in [9.17, 15) is 4.79 Å². The molecule has 0 aliphatic carbocycles. The van der Waals surface area contributed by atoms with Crippen LogP contribution in [0.4, 0.5) is 0 Å². The van der Waals surface area contributed by atoms with Crippen molar-refractivity contribution in [3.8, 4) is 5.88 Å². The second-order valence-electron chi connectivity index (χ2n) is 5.65. The van der Waals surface area contributed by atoms with Crippen molar-refractivity contribution in [2.24, 2.45) is 0 Å². The fourth-order valence-electron chi connectivity index (χ4n) is 2.83. The molecule has 1 aliphatic heterocycles. The number of hydrogen-bond donors (Lipinski definition) is 0. The van der Waals surface area contributed by atoms with Gasteiger partial charge in [-0.25, -0.2) is 4.68 Å². The van der Waals surface area contributed by atoms with Crippen LogP contribution in [0.3, 0.4) is 0 Å². The van der Waals surface area contributed by atoms with Crippen LogP contribution in [0.25, 0.3) is 0 Å². The molecule has 1 aliphatic rings. The number of rotatable bonds is 5. The highest BCUT2D eigenvalue weighted by Gasteiger charge is 2.39. The summed E-state index contributed by atoms with van der Waals surface area (Å²) < 4.78 is 12.1. The Balaban J connectivity index is 1.76. The Bertz CT molecular complexity index is 653. The Labute approximate surface area is 133 Å². The van der Waals surface area contributed by atoms with Crippen molar-refractivity contribution in [3.05, 3.63) is 24.2 Å². The molecule has 3 heterocycles. The number of carbonyl (C=O) groups excluding carboxylic acids is 1. The number of aromatic nitrogens is 4. The zero-order valence-corrected chi connectivity index (χ0v) is 13.4. The second kappa shape index (κ2) is 6.37. The maximum absolute atomic E-state index is 12.6. The van der Waals surface area contributed by atoms with Gasteiger partial charge in [-0.15, -0.1) is 5.10 Å². The van der Waals surface area contributed by atoms with Gasteiger partial charge < -0.3 is 19.1 Å². The third kappa shape index (κ3) is 3.04. The van der Waals surface area contributed by atoms with E-state index < -0.39 is 0 Å². The van der Waals surface area contributed by atoms with Crippen LogP contribution in [0.1, 0.15) is 23.5 Å². The molecule has 124 valence electrons. The average molecular weight is 320 g/mol. The SMILES string of the molecule is CCOc1cc(C(=O)N2C[C@@H](N(C)C)[C@@H](n3ccnn3)C2)on1. The van der Waals surface area contributed by atoms with E-state index in [0.29, 0.717) is 25.6 Å². The maximum Gasteiger partial charge on any atom is 0.292 e. The Morgan fingerprint density at radius 1 is 1.48 bits per heavy atom. The first-order chi connectivity index (χ1) is 11.1. The van der Waals surface area contributed by atoms with E-state index in [0.717, 1.165) is 0 Å². The van der Waals surface area contributed by atoms with Crippen molar-refractivity contribution in [1.29, 1.82) is 0 Å². The summed E-state index contributed by atoms with van der Waals surface area (Å²) in [5.41, 5.74) is 0. The van der Waals surface area contributed by atoms with E-state index in [2.05, 4.69) is 20.4 Å². The lowest BCUT2D eigenvalue weighted by molar-refractivity contribution is 0.0739. The van der Waals surface area contributed by atoms with Crippen molar-refractivity contribution in [3.63, 3.8) is 0 Å². The fourth-order valence-corrected chi connectivity index (χ4v) is 2.83. The summed E-state index contributed by atoms with van der Waals surface area (Å²) in [5, 5.41) is 11.7. The fraction of sp³-hybridized carbons (Fsp3) is 0.571. The molecule has 0 N–H and O–H groups in total. The summed E-state index contributed by atoms with van der Waals surface area (Å²) in [5.74, 6) is 0.315. The molecule has 1 amide bonds. The molecule has 3 rings (SSSR count).